The van der Waals surface area contributed by atoms with Crippen LogP contribution in [0, 0.1) is 11.8 Å². The van der Waals surface area contributed by atoms with Crippen molar-refractivity contribution in [3.05, 3.63) is 75.3 Å². The summed E-state index contributed by atoms with van der Waals surface area (Å²) in [6.07, 6.45) is 0.110. The second kappa shape index (κ2) is 10.1. The molecule has 0 saturated carbocycles. The first-order valence-electron chi connectivity index (χ1n) is 13.5. The Kier molecular flexibility index (Phi) is 7.05. The van der Waals surface area contributed by atoms with E-state index in [9.17, 15) is 34.8 Å². The third-order valence-electron chi connectivity index (χ3n) is 8.38. The Morgan fingerprint density at radius 1 is 1.02 bits per heavy atom. The van der Waals surface area contributed by atoms with Gasteiger partial charge in [0.1, 0.15) is 22.8 Å². The van der Waals surface area contributed by atoms with Gasteiger partial charge in [0.2, 0.25) is 5.78 Å². The lowest BCUT2D eigenvalue weighted by molar-refractivity contribution is -0.144. The molecule has 3 aliphatic carbocycles. The van der Waals surface area contributed by atoms with Crippen LogP contribution in [0.25, 0.3) is 11.1 Å². The highest BCUT2D eigenvalue weighted by Crippen LogP contribution is 2.52. The van der Waals surface area contributed by atoms with Crippen LogP contribution in [-0.2, 0) is 29.1 Å². The van der Waals surface area contributed by atoms with Crippen LogP contribution in [-0.4, -0.2) is 81.5 Å². The Morgan fingerprint density at radius 2 is 1.71 bits per heavy atom. The number of carbonyl (C=O) groups excluding carboxylic acids is 3. The number of aliphatic hydroxyl groups excluding tert-OH is 2. The van der Waals surface area contributed by atoms with Gasteiger partial charge in [0.15, 0.2) is 11.4 Å². The molecule has 6 N–H and O–H groups in total. The minimum atomic E-state index is -2.59. The monoisotopic (exact) mass is 561 g/mol. The van der Waals surface area contributed by atoms with E-state index in [4.69, 9.17) is 5.73 Å². The predicted octanol–water partition coefficient (Wildman–Crippen LogP) is 2.37. The summed E-state index contributed by atoms with van der Waals surface area (Å²) in [6, 6.07) is 9.56. The number of phenolic OH excluding ortho intramolecular Hbond substituents is 1. The highest BCUT2D eigenvalue weighted by molar-refractivity contribution is 6.24. The number of Topliss-reactive ketones (excluding diaryl/α,β-unsaturated/α-hetero) is 2. The van der Waals surface area contributed by atoms with E-state index in [0.717, 1.165) is 11.1 Å². The van der Waals surface area contributed by atoms with Gasteiger partial charge in [-0.05, 0) is 81.3 Å². The topological polar surface area (TPSA) is 165 Å². The predicted molar refractivity (Wildman–Crippen MR) is 151 cm³/mol. The molecule has 41 heavy (non-hydrogen) atoms. The molecule has 0 saturated heterocycles. The van der Waals surface area contributed by atoms with E-state index in [-0.39, 0.29) is 36.1 Å². The molecule has 3 atom stereocenters. The molecule has 0 aromatic heterocycles. The molecule has 0 spiro atoms. The molecule has 0 unspecified atom stereocenters. The Morgan fingerprint density at radius 3 is 2.34 bits per heavy atom. The van der Waals surface area contributed by atoms with Gasteiger partial charge < -0.3 is 36.0 Å². The van der Waals surface area contributed by atoms with E-state index in [0.29, 0.717) is 29.8 Å². The first-order valence-corrected chi connectivity index (χ1v) is 13.5. The van der Waals surface area contributed by atoms with Crippen LogP contribution < -0.4 is 5.73 Å². The van der Waals surface area contributed by atoms with Gasteiger partial charge in [-0.1, -0.05) is 18.2 Å². The number of benzene rings is 2. The first-order chi connectivity index (χ1) is 19.2. The second-order valence-electron chi connectivity index (χ2n) is 11.9. The molecular weight excluding hydrogens is 526 g/mol. The largest absolute Gasteiger partial charge is 0.511 e. The molecule has 0 aliphatic heterocycles. The van der Waals surface area contributed by atoms with Crippen molar-refractivity contribution in [2.75, 3.05) is 28.2 Å². The quantitative estimate of drug-likeness (QED) is 0.333. The minimum absolute atomic E-state index is 0.0222. The molecule has 0 heterocycles. The smallest absolute Gasteiger partial charge is 0.255 e. The Hall–Kier alpha value is -3.99. The molecule has 10 heteroatoms. The lowest BCUT2D eigenvalue weighted by Gasteiger charge is -2.45. The van der Waals surface area contributed by atoms with Crippen molar-refractivity contribution in [2.45, 2.75) is 38.0 Å². The fourth-order valence-electron chi connectivity index (χ4n) is 6.67. The van der Waals surface area contributed by atoms with E-state index in [1.807, 2.05) is 68.3 Å². The van der Waals surface area contributed by atoms with Gasteiger partial charge in [-0.25, -0.2) is 0 Å². The summed E-state index contributed by atoms with van der Waals surface area (Å²) in [7, 11) is 7.71. The maximum Gasteiger partial charge on any atom is 0.255 e. The number of hydrogen-bond acceptors (Lipinski definition) is 9. The number of nitrogens with two attached hydrogens (primary N) is 1. The Bertz CT molecular complexity index is 1550. The highest BCUT2D eigenvalue weighted by Gasteiger charge is 2.59. The number of allylic oxidation sites excluding steroid dienone is 2. The average molecular weight is 562 g/mol. The molecule has 0 bridgehead atoms. The fraction of sp³-hybridized carbons (Fsp3) is 0.387. The van der Waals surface area contributed by atoms with Crippen molar-refractivity contribution in [2.24, 2.45) is 17.6 Å². The number of aromatic hydroxyl groups is 1. The number of fused-ring (bicyclic) bond motifs is 3. The van der Waals surface area contributed by atoms with Crippen molar-refractivity contribution >= 4 is 17.5 Å². The molecule has 3 aliphatic rings. The van der Waals surface area contributed by atoms with Gasteiger partial charge in [0, 0.05) is 36.6 Å². The molecule has 2 aromatic carbocycles. The van der Waals surface area contributed by atoms with E-state index < -0.39 is 52.0 Å². The number of rotatable bonds is 6. The zero-order valence-corrected chi connectivity index (χ0v) is 23.6. The third-order valence-corrected chi connectivity index (χ3v) is 8.38. The van der Waals surface area contributed by atoms with Gasteiger partial charge >= 0.3 is 0 Å². The van der Waals surface area contributed by atoms with Crippen molar-refractivity contribution in [3.63, 3.8) is 0 Å². The summed E-state index contributed by atoms with van der Waals surface area (Å²) in [4.78, 5) is 43.3. The lowest BCUT2D eigenvalue weighted by Crippen LogP contribution is -2.57. The maximum atomic E-state index is 14.1. The van der Waals surface area contributed by atoms with Crippen LogP contribution in [0.1, 0.15) is 39.9 Å². The van der Waals surface area contributed by atoms with Gasteiger partial charge in [0.05, 0.1) is 5.56 Å². The summed E-state index contributed by atoms with van der Waals surface area (Å²) in [5.74, 6) is -6.32. The summed E-state index contributed by atoms with van der Waals surface area (Å²) >= 11 is 0. The summed E-state index contributed by atoms with van der Waals surface area (Å²) in [5.41, 5.74) is 5.44. The van der Waals surface area contributed by atoms with Crippen LogP contribution in [0.15, 0.2) is 53.0 Å². The van der Waals surface area contributed by atoms with Crippen LogP contribution >= 0.6 is 0 Å². The van der Waals surface area contributed by atoms with Crippen molar-refractivity contribution < 1.29 is 34.8 Å². The number of primary amides is 1. The molecular formula is C31H35N3O7. The van der Waals surface area contributed by atoms with E-state index in [1.165, 1.54) is 0 Å². The third kappa shape index (κ3) is 4.52. The molecule has 2 aromatic rings. The summed E-state index contributed by atoms with van der Waals surface area (Å²) < 4.78 is 0. The lowest BCUT2D eigenvalue weighted by atomic mass is 9.60. The fourth-order valence-corrected chi connectivity index (χ4v) is 6.67. The molecule has 10 nitrogen and oxygen atoms in total. The summed E-state index contributed by atoms with van der Waals surface area (Å²) in [5, 5.41) is 44.8. The standard InChI is InChI=1S/C31H35N3O7/c1-33(2)13-15-6-5-7-16(8-15)21-11-18(14-34(3)4)20-10-17-9-19-12-22(35)25(30(32)40)29(39)31(19,41)28(38)23(17)27(37)24(20)26(21)36/h5-8,11,17,19,35-36,38,41H,9-10,12-14H2,1-4H3,(H2,32,40)/t17-,19+,31+/m1/s1. The number of phenols is 1. The number of nitrogens with zero attached hydrogens (tertiary/aromatic N) is 2. The molecule has 0 fully saturated rings. The van der Waals surface area contributed by atoms with Crippen LogP contribution in [0.2, 0.25) is 0 Å². The second-order valence-corrected chi connectivity index (χ2v) is 11.9. The number of aliphatic hydroxyl groups is 3. The van der Waals surface area contributed by atoms with E-state index >= 15 is 0 Å². The van der Waals surface area contributed by atoms with Crippen molar-refractivity contribution in [1.82, 2.24) is 9.80 Å². The first kappa shape index (κ1) is 28.5. The zero-order valence-electron chi connectivity index (χ0n) is 23.6. The molecule has 216 valence electrons. The molecule has 0 radical (unpaired) electrons. The van der Waals surface area contributed by atoms with Crippen molar-refractivity contribution in [1.29, 1.82) is 0 Å². The number of hydrogen-bond donors (Lipinski definition) is 5. The normalized spacial score (nSPS) is 24.1. The van der Waals surface area contributed by atoms with E-state index in [2.05, 4.69) is 0 Å². The average Bonchev–Trinajstić information content (AvgIpc) is 2.87. The minimum Gasteiger partial charge on any atom is -0.511 e. The maximum absolute atomic E-state index is 14.1. The van der Waals surface area contributed by atoms with Gasteiger partial charge in [-0.15, -0.1) is 0 Å². The number of carbonyl (C=O) groups is 3. The number of ketones is 2. The molecule has 5 rings (SSSR count). The SMILES string of the molecule is CN(C)Cc1cccc(-c2cc(CN(C)C)c3c(c2O)C(=O)C2=C(O)[C@]4(O)C(=O)C(C(N)=O)=C(O)C[C@@H]4C[C@@H]2C3)c1. The van der Waals surface area contributed by atoms with Gasteiger partial charge in [-0.2, -0.15) is 0 Å². The highest BCUT2D eigenvalue weighted by atomic mass is 16.3. The Balaban J connectivity index is 1.70. The van der Waals surface area contributed by atoms with Crippen molar-refractivity contribution in [3.8, 4) is 16.9 Å². The Labute approximate surface area is 238 Å². The van der Waals surface area contributed by atoms with Crippen LogP contribution in [0.3, 0.4) is 0 Å². The van der Waals surface area contributed by atoms with E-state index in [1.54, 1.807) is 0 Å². The zero-order chi connectivity index (χ0) is 30.0. The van der Waals surface area contributed by atoms with Crippen LogP contribution in [0.5, 0.6) is 5.75 Å². The van der Waals surface area contributed by atoms with Gasteiger partial charge in [0.25, 0.3) is 5.91 Å². The number of amides is 1. The van der Waals surface area contributed by atoms with Gasteiger partial charge in [-0.3, -0.25) is 14.4 Å². The molecule has 1 amide bonds. The summed E-state index contributed by atoms with van der Waals surface area (Å²) in [6.45, 7) is 1.16. The van der Waals surface area contributed by atoms with Crippen LogP contribution in [0.4, 0.5) is 0 Å².